The number of sulfonamides is 1. The Bertz CT molecular complexity index is 805. The molecule has 0 aliphatic carbocycles. The maximum Gasteiger partial charge on any atom is 0.229 e. The minimum absolute atomic E-state index is 0.0607. The Kier molecular flexibility index (Phi) is 4.20. The van der Waals surface area contributed by atoms with Crippen LogP contribution in [0.1, 0.15) is 23.2 Å². The number of fused-ring (bicyclic) bond motifs is 1. The first kappa shape index (κ1) is 15.5. The van der Waals surface area contributed by atoms with E-state index in [9.17, 15) is 13.2 Å². The fourth-order valence-corrected chi connectivity index (χ4v) is 4.29. The number of ketones is 1. The van der Waals surface area contributed by atoms with Crippen LogP contribution in [0.4, 0.5) is 5.69 Å². The summed E-state index contributed by atoms with van der Waals surface area (Å²) in [4.78, 5) is 12.7. The summed E-state index contributed by atoms with van der Waals surface area (Å²) in [5.74, 6) is 0.231. The number of anilines is 1. The van der Waals surface area contributed by atoms with Gasteiger partial charge in [0.15, 0.2) is 5.78 Å². The quantitative estimate of drug-likeness (QED) is 0.840. The van der Waals surface area contributed by atoms with Crippen LogP contribution in [0.3, 0.4) is 0 Å². The number of hydrogen-bond donors (Lipinski definition) is 2. The fourth-order valence-electron chi connectivity index (χ4n) is 2.80. The van der Waals surface area contributed by atoms with Crippen molar-refractivity contribution in [2.75, 3.05) is 24.1 Å². The van der Waals surface area contributed by atoms with Crippen LogP contribution in [0.2, 0.25) is 0 Å². The SMILES string of the molecule is CS(=O)(=O)Nc1ccc2scc(C(=O)C3CCNCC3)c2c1. The lowest BCUT2D eigenvalue weighted by atomic mass is 9.89. The van der Waals surface area contributed by atoms with E-state index in [1.54, 1.807) is 12.1 Å². The standard InChI is InChI=1S/C15H18N2O3S2/c1-22(19,20)17-11-2-3-14-12(8-11)13(9-21-14)15(18)10-4-6-16-7-5-10/h2-3,8-10,16-17H,4-7H2,1H3. The monoisotopic (exact) mass is 338 g/mol. The highest BCUT2D eigenvalue weighted by Crippen LogP contribution is 2.32. The molecular weight excluding hydrogens is 320 g/mol. The third-order valence-corrected chi connectivity index (χ3v) is 5.42. The zero-order valence-electron chi connectivity index (χ0n) is 12.3. The van der Waals surface area contributed by atoms with Crippen molar-refractivity contribution in [1.82, 2.24) is 5.32 Å². The number of benzene rings is 1. The number of hydrogen-bond acceptors (Lipinski definition) is 5. The van der Waals surface area contributed by atoms with Crippen LogP contribution in [0.25, 0.3) is 10.1 Å². The molecular formula is C15H18N2O3S2. The van der Waals surface area contributed by atoms with Gasteiger partial charge in [-0.1, -0.05) is 0 Å². The zero-order valence-corrected chi connectivity index (χ0v) is 13.9. The van der Waals surface area contributed by atoms with Crippen LogP contribution in [0.5, 0.6) is 0 Å². The van der Waals surface area contributed by atoms with Gasteiger partial charge < -0.3 is 5.32 Å². The molecule has 1 aliphatic heterocycles. The van der Waals surface area contributed by atoms with E-state index in [0.717, 1.165) is 42.3 Å². The molecule has 1 aromatic carbocycles. The van der Waals surface area contributed by atoms with Gasteiger partial charge in [0.25, 0.3) is 0 Å². The van der Waals surface area contributed by atoms with Crippen molar-refractivity contribution in [2.24, 2.45) is 5.92 Å². The van der Waals surface area contributed by atoms with Crippen LogP contribution in [0, 0.1) is 5.92 Å². The molecule has 2 heterocycles. The number of rotatable bonds is 4. The van der Waals surface area contributed by atoms with E-state index in [4.69, 9.17) is 0 Å². The molecule has 0 radical (unpaired) electrons. The van der Waals surface area contributed by atoms with Gasteiger partial charge in [0.2, 0.25) is 10.0 Å². The number of thiophene rings is 1. The average molecular weight is 338 g/mol. The molecule has 22 heavy (non-hydrogen) atoms. The summed E-state index contributed by atoms with van der Waals surface area (Å²) in [5.41, 5.74) is 1.21. The first-order chi connectivity index (χ1) is 10.4. The van der Waals surface area contributed by atoms with E-state index in [-0.39, 0.29) is 11.7 Å². The maximum absolute atomic E-state index is 12.7. The molecule has 7 heteroatoms. The zero-order chi connectivity index (χ0) is 15.7. The van der Waals surface area contributed by atoms with E-state index in [2.05, 4.69) is 10.0 Å². The van der Waals surface area contributed by atoms with Crippen molar-refractivity contribution in [1.29, 1.82) is 0 Å². The molecule has 2 N–H and O–H groups in total. The maximum atomic E-state index is 12.7. The molecule has 0 unspecified atom stereocenters. The Morgan fingerprint density at radius 1 is 1.32 bits per heavy atom. The molecule has 1 fully saturated rings. The van der Waals surface area contributed by atoms with Crippen molar-refractivity contribution in [2.45, 2.75) is 12.8 Å². The van der Waals surface area contributed by atoms with E-state index >= 15 is 0 Å². The predicted octanol–water partition coefficient (Wildman–Crippen LogP) is 2.46. The lowest BCUT2D eigenvalue weighted by Gasteiger charge is -2.21. The fraction of sp³-hybridized carbons (Fsp3) is 0.400. The van der Waals surface area contributed by atoms with Crippen LogP contribution in [0.15, 0.2) is 23.6 Å². The van der Waals surface area contributed by atoms with Crippen molar-refractivity contribution >= 4 is 42.9 Å². The van der Waals surface area contributed by atoms with E-state index in [1.165, 1.54) is 11.3 Å². The molecule has 0 amide bonds. The second kappa shape index (κ2) is 5.98. The summed E-state index contributed by atoms with van der Waals surface area (Å²) in [6, 6.07) is 5.33. The molecule has 0 spiro atoms. The Morgan fingerprint density at radius 3 is 2.73 bits per heavy atom. The summed E-state index contributed by atoms with van der Waals surface area (Å²) in [6.45, 7) is 1.75. The molecule has 5 nitrogen and oxygen atoms in total. The van der Waals surface area contributed by atoms with Gasteiger partial charge in [-0.3, -0.25) is 9.52 Å². The molecule has 0 atom stereocenters. The largest absolute Gasteiger partial charge is 0.317 e. The summed E-state index contributed by atoms with van der Waals surface area (Å²) in [6.07, 6.45) is 2.83. The second-order valence-electron chi connectivity index (χ2n) is 5.62. The molecule has 2 aromatic rings. The van der Waals surface area contributed by atoms with Crippen molar-refractivity contribution in [3.05, 3.63) is 29.1 Å². The number of carbonyl (C=O) groups is 1. The van der Waals surface area contributed by atoms with Gasteiger partial charge >= 0.3 is 0 Å². The third kappa shape index (κ3) is 3.31. The van der Waals surface area contributed by atoms with Crippen molar-refractivity contribution < 1.29 is 13.2 Å². The minimum Gasteiger partial charge on any atom is -0.317 e. The molecule has 118 valence electrons. The lowest BCUT2D eigenvalue weighted by Crippen LogP contribution is -2.31. The second-order valence-corrected chi connectivity index (χ2v) is 8.28. The van der Waals surface area contributed by atoms with Gasteiger partial charge in [0, 0.05) is 32.6 Å². The molecule has 1 aliphatic rings. The number of nitrogens with one attached hydrogen (secondary N) is 2. The highest BCUT2D eigenvalue weighted by Gasteiger charge is 2.24. The van der Waals surface area contributed by atoms with Gasteiger partial charge in [-0.2, -0.15) is 0 Å². The molecule has 0 saturated carbocycles. The van der Waals surface area contributed by atoms with Crippen LogP contribution in [-0.4, -0.2) is 33.5 Å². The van der Waals surface area contributed by atoms with Gasteiger partial charge in [-0.15, -0.1) is 11.3 Å². The van der Waals surface area contributed by atoms with E-state index in [1.807, 2.05) is 11.4 Å². The molecule has 0 bridgehead atoms. The predicted molar refractivity (Wildman–Crippen MR) is 90.2 cm³/mol. The van der Waals surface area contributed by atoms with E-state index < -0.39 is 10.0 Å². The first-order valence-corrected chi connectivity index (χ1v) is 9.95. The van der Waals surface area contributed by atoms with Crippen LogP contribution < -0.4 is 10.0 Å². The summed E-state index contributed by atoms with van der Waals surface area (Å²) < 4.78 is 26.2. The summed E-state index contributed by atoms with van der Waals surface area (Å²) >= 11 is 1.52. The van der Waals surface area contributed by atoms with Crippen molar-refractivity contribution in [3.8, 4) is 0 Å². The summed E-state index contributed by atoms with van der Waals surface area (Å²) in [5, 5.41) is 5.98. The van der Waals surface area contributed by atoms with Gasteiger partial charge in [0.1, 0.15) is 0 Å². The molecule has 3 rings (SSSR count). The summed E-state index contributed by atoms with van der Waals surface area (Å²) in [7, 11) is -3.32. The average Bonchev–Trinajstić information content (AvgIpc) is 2.89. The van der Waals surface area contributed by atoms with Crippen molar-refractivity contribution in [3.63, 3.8) is 0 Å². The van der Waals surface area contributed by atoms with E-state index in [0.29, 0.717) is 11.3 Å². The Balaban J connectivity index is 1.95. The van der Waals surface area contributed by atoms with Crippen LogP contribution >= 0.6 is 11.3 Å². The highest BCUT2D eigenvalue weighted by molar-refractivity contribution is 7.92. The Hall–Kier alpha value is -1.44. The van der Waals surface area contributed by atoms with Crippen LogP contribution in [-0.2, 0) is 10.0 Å². The van der Waals surface area contributed by atoms with Gasteiger partial charge in [-0.05, 0) is 44.1 Å². The van der Waals surface area contributed by atoms with Gasteiger partial charge in [0.05, 0.1) is 6.26 Å². The lowest BCUT2D eigenvalue weighted by molar-refractivity contribution is 0.0897. The molecule has 1 saturated heterocycles. The smallest absolute Gasteiger partial charge is 0.229 e. The number of Topliss-reactive ketones (excluding diaryl/α,β-unsaturated/α-hetero) is 1. The Labute approximate surface area is 133 Å². The Morgan fingerprint density at radius 2 is 2.05 bits per heavy atom. The molecule has 1 aromatic heterocycles. The van der Waals surface area contributed by atoms with Gasteiger partial charge in [-0.25, -0.2) is 8.42 Å². The highest BCUT2D eigenvalue weighted by atomic mass is 32.2. The first-order valence-electron chi connectivity index (χ1n) is 7.18. The normalized spacial score (nSPS) is 16.8. The minimum atomic E-state index is -3.32. The number of carbonyl (C=O) groups excluding carboxylic acids is 1. The number of piperidine rings is 1. The third-order valence-electron chi connectivity index (χ3n) is 3.85. The topological polar surface area (TPSA) is 75.3 Å².